The van der Waals surface area contributed by atoms with Crippen molar-refractivity contribution in [2.45, 2.75) is 38.0 Å². The standard InChI is InChI=1S/C17H23NO2S/c1-3-16(19)14-4-6-15(7-5-14)21-12-17(20)18-10-8-13(2)9-11-18/h4-7,13H,3,8-12H2,1-2H3. The van der Waals surface area contributed by atoms with E-state index in [0.717, 1.165) is 42.3 Å². The summed E-state index contributed by atoms with van der Waals surface area (Å²) in [6, 6.07) is 7.56. The number of hydrogen-bond donors (Lipinski definition) is 0. The van der Waals surface area contributed by atoms with Crippen LogP contribution in [0.3, 0.4) is 0 Å². The second-order valence-electron chi connectivity index (χ2n) is 5.65. The van der Waals surface area contributed by atoms with Gasteiger partial charge >= 0.3 is 0 Å². The number of amides is 1. The summed E-state index contributed by atoms with van der Waals surface area (Å²) in [4.78, 5) is 26.7. The fraction of sp³-hybridized carbons (Fsp3) is 0.529. The van der Waals surface area contributed by atoms with Gasteiger partial charge in [-0.1, -0.05) is 26.0 Å². The molecule has 114 valence electrons. The molecule has 0 radical (unpaired) electrons. The van der Waals surface area contributed by atoms with Crippen LogP contribution in [0.25, 0.3) is 0 Å². The molecule has 2 rings (SSSR count). The summed E-state index contributed by atoms with van der Waals surface area (Å²) in [7, 11) is 0. The van der Waals surface area contributed by atoms with Crippen molar-refractivity contribution >= 4 is 23.5 Å². The molecule has 1 aliphatic heterocycles. The van der Waals surface area contributed by atoms with E-state index in [1.807, 2.05) is 36.1 Å². The fourth-order valence-corrected chi connectivity index (χ4v) is 3.24. The van der Waals surface area contributed by atoms with Gasteiger partial charge in [-0.2, -0.15) is 0 Å². The summed E-state index contributed by atoms with van der Waals surface area (Å²) in [5.41, 5.74) is 0.748. The quantitative estimate of drug-likeness (QED) is 0.616. The zero-order chi connectivity index (χ0) is 15.2. The third kappa shape index (κ3) is 4.60. The molecule has 0 saturated carbocycles. The van der Waals surface area contributed by atoms with Crippen LogP contribution in [0, 0.1) is 5.92 Å². The molecule has 1 aliphatic rings. The zero-order valence-corrected chi connectivity index (χ0v) is 13.6. The molecule has 1 heterocycles. The van der Waals surface area contributed by atoms with Crippen molar-refractivity contribution in [2.24, 2.45) is 5.92 Å². The Morgan fingerprint density at radius 1 is 1.19 bits per heavy atom. The van der Waals surface area contributed by atoms with Gasteiger partial charge < -0.3 is 4.90 Å². The first-order valence-corrected chi connectivity index (χ1v) is 8.62. The Labute approximate surface area is 131 Å². The lowest BCUT2D eigenvalue weighted by Gasteiger charge is -2.30. The highest BCUT2D eigenvalue weighted by atomic mass is 32.2. The monoisotopic (exact) mass is 305 g/mol. The minimum atomic E-state index is 0.157. The predicted molar refractivity (Wildman–Crippen MR) is 86.8 cm³/mol. The highest BCUT2D eigenvalue weighted by molar-refractivity contribution is 8.00. The van der Waals surface area contributed by atoms with Crippen LogP contribution < -0.4 is 0 Å². The van der Waals surface area contributed by atoms with E-state index in [9.17, 15) is 9.59 Å². The molecule has 0 unspecified atom stereocenters. The third-order valence-electron chi connectivity index (χ3n) is 4.00. The van der Waals surface area contributed by atoms with E-state index in [2.05, 4.69) is 6.92 Å². The Bertz CT molecular complexity index is 490. The van der Waals surface area contributed by atoms with Crippen LogP contribution in [0.1, 0.15) is 43.5 Å². The Balaban J connectivity index is 1.82. The van der Waals surface area contributed by atoms with E-state index in [4.69, 9.17) is 0 Å². The number of Topliss-reactive ketones (excluding diaryl/α,β-unsaturated/α-hetero) is 1. The number of carbonyl (C=O) groups is 2. The minimum absolute atomic E-state index is 0.157. The molecule has 0 bridgehead atoms. The van der Waals surface area contributed by atoms with E-state index in [0.29, 0.717) is 12.2 Å². The second-order valence-corrected chi connectivity index (χ2v) is 6.70. The van der Waals surface area contributed by atoms with Crippen molar-refractivity contribution in [2.75, 3.05) is 18.8 Å². The van der Waals surface area contributed by atoms with Crippen molar-refractivity contribution in [3.05, 3.63) is 29.8 Å². The molecule has 0 N–H and O–H groups in total. The number of rotatable bonds is 5. The van der Waals surface area contributed by atoms with Gasteiger partial charge in [-0.3, -0.25) is 9.59 Å². The van der Waals surface area contributed by atoms with Gasteiger partial charge in [0.25, 0.3) is 0 Å². The third-order valence-corrected chi connectivity index (χ3v) is 4.99. The van der Waals surface area contributed by atoms with E-state index in [1.165, 1.54) is 0 Å². The number of piperidine rings is 1. The number of nitrogens with zero attached hydrogens (tertiary/aromatic N) is 1. The Morgan fingerprint density at radius 3 is 2.38 bits per heavy atom. The first kappa shape index (κ1) is 16.1. The number of hydrogen-bond acceptors (Lipinski definition) is 3. The molecule has 1 fully saturated rings. The van der Waals surface area contributed by atoms with Crippen LogP contribution in [-0.2, 0) is 4.79 Å². The number of likely N-dealkylation sites (tertiary alicyclic amines) is 1. The van der Waals surface area contributed by atoms with E-state index < -0.39 is 0 Å². The molecule has 0 atom stereocenters. The van der Waals surface area contributed by atoms with Gasteiger partial charge in [0.05, 0.1) is 5.75 Å². The van der Waals surface area contributed by atoms with Gasteiger partial charge in [0.15, 0.2) is 5.78 Å². The Kier molecular flexibility index (Phi) is 5.85. The van der Waals surface area contributed by atoms with Crippen LogP contribution in [0.2, 0.25) is 0 Å². The molecular weight excluding hydrogens is 282 g/mol. The zero-order valence-electron chi connectivity index (χ0n) is 12.8. The van der Waals surface area contributed by atoms with Crippen molar-refractivity contribution in [3.63, 3.8) is 0 Å². The van der Waals surface area contributed by atoms with E-state index in [1.54, 1.807) is 11.8 Å². The molecule has 3 nitrogen and oxygen atoms in total. The van der Waals surface area contributed by atoms with Gasteiger partial charge in [0.1, 0.15) is 0 Å². The van der Waals surface area contributed by atoms with E-state index >= 15 is 0 Å². The van der Waals surface area contributed by atoms with Gasteiger partial charge in [-0.15, -0.1) is 11.8 Å². The molecule has 0 aromatic heterocycles. The van der Waals surface area contributed by atoms with Crippen LogP contribution in [0.5, 0.6) is 0 Å². The molecule has 1 aromatic rings. The average molecular weight is 305 g/mol. The van der Waals surface area contributed by atoms with Crippen LogP contribution in [-0.4, -0.2) is 35.4 Å². The van der Waals surface area contributed by atoms with E-state index in [-0.39, 0.29) is 11.7 Å². The molecule has 1 aromatic carbocycles. The lowest BCUT2D eigenvalue weighted by molar-refractivity contribution is -0.129. The largest absolute Gasteiger partial charge is 0.342 e. The lowest BCUT2D eigenvalue weighted by Crippen LogP contribution is -2.38. The molecule has 4 heteroatoms. The molecule has 1 amide bonds. The summed E-state index contributed by atoms with van der Waals surface area (Å²) >= 11 is 1.55. The van der Waals surface area contributed by atoms with Crippen molar-refractivity contribution in [3.8, 4) is 0 Å². The summed E-state index contributed by atoms with van der Waals surface area (Å²) in [5, 5.41) is 0. The van der Waals surface area contributed by atoms with Crippen molar-refractivity contribution in [1.82, 2.24) is 4.90 Å². The van der Waals surface area contributed by atoms with Gasteiger partial charge in [-0.25, -0.2) is 0 Å². The topological polar surface area (TPSA) is 37.4 Å². The number of benzene rings is 1. The van der Waals surface area contributed by atoms with Gasteiger partial charge in [-0.05, 0) is 30.9 Å². The number of carbonyl (C=O) groups excluding carboxylic acids is 2. The van der Waals surface area contributed by atoms with Gasteiger partial charge in [0.2, 0.25) is 5.91 Å². The number of thioether (sulfide) groups is 1. The smallest absolute Gasteiger partial charge is 0.232 e. The average Bonchev–Trinajstić information content (AvgIpc) is 2.53. The maximum absolute atomic E-state index is 12.2. The molecular formula is C17H23NO2S. The summed E-state index contributed by atoms with van der Waals surface area (Å²) < 4.78 is 0. The SMILES string of the molecule is CCC(=O)c1ccc(SCC(=O)N2CCC(C)CC2)cc1. The maximum atomic E-state index is 12.2. The summed E-state index contributed by atoms with van der Waals surface area (Å²) in [6.07, 6.45) is 2.76. The summed E-state index contributed by atoms with van der Waals surface area (Å²) in [6.45, 7) is 5.90. The Hall–Kier alpha value is -1.29. The lowest BCUT2D eigenvalue weighted by atomic mass is 9.99. The normalized spacial score (nSPS) is 16.0. The Morgan fingerprint density at radius 2 is 1.81 bits per heavy atom. The first-order chi connectivity index (χ1) is 10.1. The van der Waals surface area contributed by atoms with Crippen LogP contribution >= 0.6 is 11.8 Å². The highest BCUT2D eigenvalue weighted by Gasteiger charge is 2.20. The van der Waals surface area contributed by atoms with Crippen LogP contribution in [0.4, 0.5) is 0 Å². The summed E-state index contributed by atoms with van der Waals surface area (Å²) in [5.74, 6) is 1.60. The predicted octanol–water partition coefficient (Wildman–Crippen LogP) is 3.63. The highest BCUT2D eigenvalue weighted by Crippen LogP contribution is 2.21. The minimum Gasteiger partial charge on any atom is -0.342 e. The molecule has 1 saturated heterocycles. The number of ketones is 1. The second kappa shape index (κ2) is 7.64. The van der Waals surface area contributed by atoms with Crippen LogP contribution in [0.15, 0.2) is 29.2 Å². The van der Waals surface area contributed by atoms with Gasteiger partial charge in [0, 0.05) is 30.0 Å². The fourth-order valence-electron chi connectivity index (χ4n) is 2.44. The molecule has 21 heavy (non-hydrogen) atoms. The van der Waals surface area contributed by atoms with Crippen molar-refractivity contribution in [1.29, 1.82) is 0 Å². The van der Waals surface area contributed by atoms with Crippen molar-refractivity contribution < 1.29 is 9.59 Å². The maximum Gasteiger partial charge on any atom is 0.232 e. The molecule has 0 aliphatic carbocycles. The first-order valence-electron chi connectivity index (χ1n) is 7.64. The molecule has 0 spiro atoms.